The van der Waals surface area contributed by atoms with Gasteiger partial charge in [-0.25, -0.2) is 0 Å². The van der Waals surface area contributed by atoms with Gasteiger partial charge < -0.3 is 14.6 Å². The minimum atomic E-state index is -0.924. The molecule has 0 aliphatic carbocycles. The van der Waals surface area contributed by atoms with E-state index in [1.807, 2.05) is 0 Å². The van der Waals surface area contributed by atoms with Gasteiger partial charge in [0.05, 0.1) is 24.2 Å². The Balaban J connectivity index is 1.56. The average molecular weight is 376 g/mol. The summed E-state index contributed by atoms with van der Waals surface area (Å²) in [4.78, 5) is 25.5. The fourth-order valence-electron chi connectivity index (χ4n) is 2.77. The van der Waals surface area contributed by atoms with Gasteiger partial charge in [0.15, 0.2) is 5.78 Å². The van der Waals surface area contributed by atoms with E-state index in [9.17, 15) is 19.3 Å². The number of carbonyl (C=O) groups is 1. The molecule has 1 saturated heterocycles. The maximum Gasteiger partial charge on any atom is 0.269 e. The zero-order valence-corrected chi connectivity index (χ0v) is 14.2. The lowest BCUT2D eigenvalue weighted by Crippen LogP contribution is -2.19. The molecular formula is C18H17FN2O6. The van der Waals surface area contributed by atoms with Gasteiger partial charge in [-0.1, -0.05) is 12.1 Å². The van der Waals surface area contributed by atoms with Gasteiger partial charge in [0, 0.05) is 36.6 Å². The molecule has 1 N–H and O–H groups in total. The molecule has 1 fully saturated rings. The molecule has 0 spiro atoms. The van der Waals surface area contributed by atoms with Gasteiger partial charge in [-0.2, -0.15) is 9.37 Å². The van der Waals surface area contributed by atoms with Gasteiger partial charge in [-0.3, -0.25) is 14.9 Å². The van der Waals surface area contributed by atoms with Gasteiger partial charge in [-0.15, -0.1) is 0 Å². The summed E-state index contributed by atoms with van der Waals surface area (Å²) in [6, 6.07) is 9.00. The molecule has 1 aromatic heterocycles. The van der Waals surface area contributed by atoms with Crippen LogP contribution in [-0.4, -0.2) is 40.1 Å². The second-order valence-corrected chi connectivity index (χ2v) is 6.02. The number of aliphatic hydroxyl groups is 1. The number of rotatable bonds is 7. The van der Waals surface area contributed by atoms with E-state index in [-0.39, 0.29) is 35.9 Å². The topological polar surface area (TPSA) is 112 Å². The van der Waals surface area contributed by atoms with Crippen molar-refractivity contribution in [1.82, 2.24) is 4.98 Å². The quantitative estimate of drug-likeness (QED) is 0.448. The van der Waals surface area contributed by atoms with Gasteiger partial charge in [0.2, 0.25) is 11.8 Å². The fraction of sp³-hybridized carbons (Fsp3) is 0.333. The lowest BCUT2D eigenvalue weighted by atomic mass is 10.1. The average Bonchev–Trinajstić information content (AvgIpc) is 3.02. The monoisotopic (exact) mass is 376 g/mol. The number of ketones is 1. The lowest BCUT2D eigenvalue weighted by Gasteiger charge is -2.12. The Bertz CT molecular complexity index is 842. The molecule has 0 amide bonds. The Morgan fingerprint density at radius 1 is 1.30 bits per heavy atom. The van der Waals surface area contributed by atoms with Crippen molar-refractivity contribution in [2.24, 2.45) is 0 Å². The number of benzene rings is 1. The molecule has 0 bridgehead atoms. The smallest absolute Gasteiger partial charge is 0.269 e. The first kappa shape index (κ1) is 18.9. The Hall–Kier alpha value is -2.91. The number of nitrogens with zero attached hydrogens (tertiary/aromatic N) is 2. The Morgan fingerprint density at radius 3 is 2.63 bits per heavy atom. The highest BCUT2D eigenvalue weighted by Crippen LogP contribution is 2.32. The molecule has 0 saturated carbocycles. The van der Waals surface area contributed by atoms with E-state index in [1.54, 1.807) is 12.1 Å². The summed E-state index contributed by atoms with van der Waals surface area (Å²) in [5.41, 5.74) is 0.989. The first-order chi connectivity index (χ1) is 13.0. The molecule has 1 aliphatic rings. The number of nitro benzene ring substituents is 1. The molecule has 0 unspecified atom stereocenters. The molecule has 2 heterocycles. The Morgan fingerprint density at radius 2 is 2.04 bits per heavy atom. The number of nitro groups is 1. The zero-order valence-electron chi connectivity index (χ0n) is 14.2. The third kappa shape index (κ3) is 4.44. The molecule has 0 radical (unpaired) electrons. The summed E-state index contributed by atoms with van der Waals surface area (Å²) in [6.45, 7) is -0.219. The van der Waals surface area contributed by atoms with E-state index >= 15 is 0 Å². The van der Waals surface area contributed by atoms with E-state index in [4.69, 9.17) is 14.6 Å². The van der Waals surface area contributed by atoms with Crippen molar-refractivity contribution >= 4 is 11.5 Å². The van der Waals surface area contributed by atoms with Crippen LogP contribution in [0.5, 0.6) is 5.88 Å². The number of hydrogen-bond acceptors (Lipinski definition) is 7. The van der Waals surface area contributed by atoms with Gasteiger partial charge in [0.1, 0.15) is 6.10 Å². The zero-order chi connectivity index (χ0) is 19.4. The van der Waals surface area contributed by atoms with Crippen LogP contribution in [0, 0.1) is 16.1 Å². The van der Waals surface area contributed by atoms with Crippen molar-refractivity contribution in [2.45, 2.75) is 25.0 Å². The molecule has 142 valence electrons. The van der Waals surface area contributed by atoms with E-state index in [2.05, 4.69) is 4.98 Å². The molecule has 2 aromatic rings. The van der Waals surface area contributed by atoms with Crippen molar-refractivity contribution < 1.29 is 28.7 Å². The maximum absolute atomic E-state index is 14.2. The third-order valence-corrected chi connectivity index (χ3v) is 4.23. The second kappa shape index (κ2) is 8.19. The van der Waals surface area contributed by atoms with Crippen molar-refractivity contribution in [3.05, 3.63) is 63.6 Å². The predicted octanol–water partition coefficient (Wildman–Crippen LogP) is 2.14. The van der Waals surface area contributed by atoms with Crippen molar-refractivity contribution in [3.8, 4) is 5.88 Å². The van der Waals surface area contributed by atoms with Crippen LogP contribution in [0.2, 0.25) is 0 Å². The number of Topliss-reactive ketones (excluding diaryl/α,β-unsaturated/α-hetero) is 1. The molecule has 8 nitrogen and oxygen atoms in total. The molecule has 2 atom stereocenters. The van der Waals surface area contributed by atoms with E-state index in [1.165, 1.54) is 24.3 Å². The van der Waals surface area contributed by atoms with E-state index in [0.717, 1.165) is 5.56 Å². The first-order valence-electron chi connectivity index (χ1n) is 8.29. The van der Waals surface area contributed by atoms with Crippen LogP contribution < -0.4 is 4.74 Å². The van der Waals surface area contributed by atoms with E-state index in [0.29, 0.717) is 6.42 Å². The normalized spacial score (nSPS) is 19.3. The maximum atomic E-state index is 14.2. The van der Waals surface area contributed by atoms with Crippen molar-refractivity contribution in [2.75, 3.05) is 13.2 Å². The van der Waals surface area contributed by atoms with E-state index < -0.39 is 29.7 Å². The standard InChI is InChI=1S/C18H17FN2O6/c19-18-13(15-9-14(23)16(10-22)27-15)5-6-17(20-18)26-8-7-11-1-3-12(4-2-11)21(24)25/h1-6,15-16,22H,7-10H2/t15-,16-/m1/s1. The summed E-state index contributed by atoms with van der Waals surface area (Å²) < 4.78 is 25.0. The lowest BCUT2D eigenvalue weighted by molar-refractivity contribution is -0.384. The highest BCUT2D eigenvalue weighted by molar-refractivity contribution is 5.85. The van der Waals surface area contributed by atoms with Gasteiger partial charge in [-0.05, 0) is 11.6 Å². The number of aromatic nitrogens is 1. The molecule has 9 heteroatoms. The van der Waals surface area contributed by atoms with Crippen LogP contribution in [0.3, 0.4) is 0 Å². The largest absolute Gasteiger partial charge is 0.477 e. The summed E-state index contributed by atoms with van der Waals surface area (Å²) in [5.74, 6) is -0.981. The highest BCUT2D eigenvalue weighted by Gasteiger charge is 2.35. The summed E-state index contributed by atoms with van der Waals surface area (Å²) in [5, 5.41) is 19.7. The van der Waals surface area contributed by atoms with Crippen LogP contribution >= 0.6 is 0 Å². The van der Waals surface area contributed by atoms with Crippen LogP contribution in [0.15, 0.2) is 36.4 Å². The third-order valence-electron chi connectivity index (χ3n) is 4.23. The highest BCUT2D eigenvalue weighted by atomic mass is 19.1. The van der Waals surface area contributed by atoms with Crippen molar-refractivity contribution in [3.63, 3.8) is 0 Å². The molecule has 1 aromatic carbocycles. The number of aliphatic hydroxyl groups excluding tert-OH is 1. The molecule has 3 rings (SSSR count). The predicted molar refractivity (Wildman–Crippen MR) is 90.8 cm³/mol. The number of non-ortho nitro benzene ring substituents is 1. The van der Waals surface area contributed by atoms with Crippen LogP contribution in [0.25, 0.3) is 0 Å². The Kier molecular flexibility index (Phi) is 5.72. The first-order valence-corrected chi connectivity index (χ1v) is 8.29. The SMILES string of the molecule is O=C1C[C@H](c2ccc(OCCc3ccc([N+](=O)[O-])cc3)nc2F)O[C@@H]1CO. The number of halogens is 1. The Labute approximate surface area is 153 Å². The second-order valence-electron chi connectivity index (χ2n) is 6.02. The fourth-order valence-corrected chi connectivity index (χ4v) is 2.77. The molecule has 1 aliphatic heterocycles. The number of ether oxygens (including phenoxy) is 2. The summed E-state index contributed by atoms with van der Waals surface area (Å²) in [6.07, 6.45) is -1.23. The molecular weight excluding hydrogens is 359 g/mol. The minimum Gasteiger partial charge on any atom is -0.477 e. The van der Waals surface area contributed by atoms with Crippen LogP contribution in [0.4, 0.5) is 10.1 Å². The number of carbonyl (C=O) groups excluding carboxylic acids is 1. The minimum absolute atomic E-state index is 0.00930. The van der Waals surface area contributed by atoms with Crippen LogP contribution in [-0.2, 0) is 16.0 Å². The van der Waals surface area contributed by atoms with Gasteiger partial charge in [0.25, 0.3) is 5.69 Å². The van der Waals surface area contributed by atoms with Crippen molar-refractivity contribution in [1.29, 1.82) is 0 Å². The van der Waals surface area contributed by atoms with Gasteiger partial charge >= 0.3 is 0 Å². The summed E-state index contributed by atoms with van der Waals surface area (Å²) in [7, 11) is 0. The number of hydrogen-bond donors (Lipinski definition) is 1. The summed E-state index contributed by atoms with van der Waals surface area (Å²) >= 11 is 0. The van der Waals surface area contributed by atoms with Crippen LogP contribution in [0.1, 0.15) is 23.7 Å². The number of pyridine rings is 1. The molecule has 27 heavy (non-hydrogen) atoms.